The summed E-state index contributed by atoms with van der Waals surface area (Å²) in [7, 11) is 1.62. The van der Waals surface area contributed by atoms with Crippen LogP contribution in [0.3, 0.4) is 0 Å². The number of carbonyl (C=O) groups is 1. The van der Waals surface area contributed by atoms with Crippen LogP contribution in [0.1, 0.15) is 30.5 Å². The van der Waals surface area contributed by atoms with E-state index in [1.165, 1.54) is 0 Å². The van der Waals surface area contributed by atoms with Crippen molar-refractivity contribution in [1.29, 1.82) is 0 Å². The van der Waals surface area contributed by atoms with Crippen LogP contribution >= 0.6 is 11.6 Å². The van der Waals surface area contributed by atoms with Crippen LogP contribution in [0, 0.1) is 13.8 Å². The minimum absolute atomic E-state index is 0.301. The van der Waals surface area contributed by atoms with E-state index < -0.39 is 5.54 Å². The van der Waals surface area contributed by atoms with Gasteiger partial charge in [0.2, 0.25) is 0 Å². The summed E-state index contributed by atoms with van der Waals surface area (Å²) in [5, 5.41) is 6.36. The SMILES string of the molecule is COc1ccc(C(C)(C)NC(=O)Nc2c(C)cc(C)cc2Cl)cc1. The van der Waals surface area contributed by atoms with Gasteiger partial charge in [-0.1, -0.05) is 29.8 Å². The van der Waals surface area contributed by atoms with Crippen LogP contribution in [0.25, 0.3) is 0 Å². The quantitative estimate of drug-likeness (QED) is 0.816. The van der Waals surface area contributed by atoms with Crippen molar-refractivity contribution in [3.8, 4) is 5.75 Å². The normalized spacial score (nSPS) is 11.1. The van der Waals surface area contributed by atoms with Crippen LogP contribution in [-0.2, 0) is 5.54 Å². The predicted octanol–water partition coefficient (Wildman–Crippen LogP) is 5.02. The zero-order valence-corrected chi connectivity index (χ0v) is 15.4. The van der Waals surface area contributed by atoms with E-state index in [2.05, 4.69) is 10.6 Å². The lowest BCUT2D eigenvalue weighted by Gasteiger charge is -2.27. The fourth-order valence-corrected chi connectivity index (χ4v) is 2.95. The van der Waals surface area contributed by atoms with Crippen LogP contribution in [0.5, 0.6) is 5.75 Å². The highest BCUT2D eigenvalue weighted by molar-refractivity contribution is 6.34. The van der Waals surface area contributed by atoms with Crippen molar-refractivity contribution in [2.24, 2.45) is 0 Å². The molecule has 0 aliphatic carbocycles. The smallest absolute Gasteiger partial charge is 0.319 e. The van der Waals surface area contributed by atoms with Gasteiger partial charge in [-0.15, -0.1) is 0 Å². The van der Waals surface area contributed by atoms with Crippen molar-refractivity contribution in [3.63, 3.8) is 0 Å². The Hall–Kier alpha value is -2.20. The molecule has 2 amide bonds. The fourth-order valence-electron chi connectivity index (χ4n) is 2.58. The lowest BCUT2D eigenvalue weighted by atomic mass is 9.94. The lowest BCUT2D eigenvalue weighted by molar-refractivity contribution is 0.242. The number of urea groups is 1. The minimum Gasteiger partial charge on any atom is -0.497 e. The molecule has 0 saturated heterocycles. The Balaban J connectivity index is 2.13. The number of ether oxygens (including phenoxy) is 1. The Labute approximate surface area is 148 Å². The van der Waals surface area contributed by atoms with E-state index in [9.17, 15) is 4.79 Å². The number of hydrogen-bond acceptors (Lipinski definition) is 2. The van der Waals surface area contributed by atoms with Gasteiger partial charge in [0.05, 0.1) is 23.4 Å². The summed E-state index contributed by atoms with van der Waals surface area (Å²) in [5.41, 5.74) is 3.05. The first-order valence-corrected chi connectivity index (χ1v) is 8.11. The first-order chi connectivity index (χ1) is 11.2. The van der Waals surface area contributed by atoms with Gasteiger partial charge >= 0.3 is 6.03 Å². The first kappa shape index (κ1) is 18.1. The molecular weight excluding hydrogens is 324 g/mol. The Morgan fingerprint density at radius 2 is 1.75 bits per heavy atom. The number of halogens is 1. The Kier molecular flexibility index (Phi) is 5.40. The van der Waals surface area contributed by atoms with Crippen LogP contribution in [0.4, 0.5) is 10.5 Å². The molecular formula is C19H23ClN2O2. The molecule has 0 bridgehead atoms. The second kappa shape index (κ2) is 7.14. The van der Waals surface area contributed by atoms with Gasteiger partial charge in [0.15, 0.2) is 0 Å². The van der Waals surface area contributed by atoms with Gasteiger partial charge in [0.25, 0.3) is 0 Å². The van der Waals surface area contributed by atoms with Crippen molar-refractivity contribution in [2.75, 3.05) is 12.4 Å². The van der Waals surface area contributed by atoms with Gasteiger partial charge in [-0.3, -0.25) is 0 Å². The van der Waals surface area contributed by atoms with Crippen LogP contribution in [-0.4, -0.2) is 13.1 Å². The number of nitrogens with one attached hydrogen (secondary N) is 2. The van der Waals surface area contributed by atoms with E-state index in [1.54, 1.807) is 7.11 Å². The van der Waals surface area contributed by atoms with Gasteiger partial charge in [0, 0.05) is 0 Å². The predicted molar refractivity (Wildman–Crippen MR) is 99.1 cm³/mol. The maximum absolute atomic E-state index is 12.4. The molecule has 0 aliphatic rings. The number of carbonyl (C=O) groups excluding carboxylic acids is 1. The van der Waals surface area contributed by atoms with Gasteiger partial charge in [0.1, 0.15) is 5.75 Å². The van der Waals surface area contributed by atoms with E-state index in [-0.39, 0.29) is 6.03 Å². The number of anilines is 1. The van der Waals surface area contributed by atoms with Gasteiger partial charge < -0.3 is 15.4 Å². The molecule has 0 saturated carbocycles. The molecule has 0 unspecified atom stereocenters. The summed E-state index contributed by atoms with van der Waals surface area (Å²) in [6, 6.07) is 11.1. The highest BCUT2D eigenvalue weighted by Gasteiger charge is 2.23. The number of hydrogen-bond donors (Lipinski definition) is 2. The van der Waals surface area contributed by atoms with E-state index in [1.807, 2.05) is 64.1 Å². The summed E-state index contributed by atoms with van der Waals surface area (Å²) in [5.74, 6) is 0.779. The second-order valence-electron chi connectivity index (χ2n) is 6.37. The van der Waals surface area contributed by atoms with E-state index >= 15 is 0 Å². The van der Waals surface area contributed by atoms with Crippen molar-refractivity contribution in [2.45, 2.75) is 33.2 Å². The number of amides is 2. The summed E-state index contributed by atoms with van der Waals surface area (Å²) >= 11 is 6.24. The largest absolute Gasteiger partial charge is 0.497 e. The second-order valence-corrected chi connectivity index (χ2v) is 6.78. The zero-order valence-electron chi connectivity index (χ0n) is 14.7. The summed E-state index contributed by atoms with van der Waals surface area (Å²) < 4.78 is 5.16. The lowest BCUT2D eigenvalue weighted by Crippen LogP contribution is -2.43. The minimum atomic E-state index is -0.540. The number of methoxy groups -OCH3 is 1. The number of benzene rings is 2. The van der Waals surface area contributed by atoms with Crippen LogP contribution < -0.4 is 15.4 Å². The molecule has 0 fully saturated rings. The topological polar surface area (TPSA) is 50.4 Å². The van der Waals surface area contributed by atoms with Crippen molar-refractivity contribution in [1.82, 2.24) is 5.32 Å². The van der Waals surface area contributed by atoms with Gasteiger partial charge in [-0.05, 0) is 62.6 Å². The Morgan fingerprint density at radius 1 is 1.12 bits per heavy atom. The molecule has 0 atom stereocenters. The highest BCUT2D eigenvalue weighted by Crippen LogP contribution is 2.28. The summed E-state index contributed by atoms with van der Waals surface area (Å²) in [4.78, 5) is 12.4. The molecule has 24 heavy (non-hydrogen) atoms. The molecule has 0 heterocycles. The maximum Gasteiger partial charge on any atom is 0.319 e. The third-order valence-corrected chi connectivity index (χ3v) is 4.21. The van der Waals surface area contributed by atoms with E-state index in [0.29, 0.717) is 10.7 Å². The first-order valence-electron chi connectivity index (χ1n) is 7.73. The highest BCUT2D eigenvalue weighted by atomic mass is 35.5. The van der Waals surface area contributed by atoms with Crippen LogP contribution in [0.15, 0.2) is 36.4 Å². The molecule has 0 radical (unpaired) electrons. The Bertz CT molecular complexity index is 717. The Morgan fingerprint density at radius 3 is 2.29 bits per heavy atom. The molecule has 0 aliphatic heterocycles. The van der Waals surface area contributed by atoms with Gasteiger partial charge in [-0.2, -0.15) is 0 Å². The zero-order chi connectivity index (χ0) is 17.9. The molecule has 0 spiro atoms. The van der Waals surface area contributed by atoms with E-state index in [0.717, 1.165) is 22.4 Å². The van der Waals surface area contributed by atoms with E-state index in [4.69, 9.17) is 16.3 Å². The van der Waals surface area contributed by atoms with Crippen LogP contribution in [0.2, 0.25) is 5.02 Å². The molecule has 4 nitrogen and oxygen atoms in total. The van der Waals surface area contributed by atoms with Gasteiger partial charge in [-0.25, -0.2) is 4.79 Å². The van der Waals surface area contributed by atoms with Crippen molar-refractivity contribution < 1.29 is 9.53 Å². The molecule has 2 N–H and O–H groups in total. The third kappa shape index (κ3) is 4.20. The third-order valence-electron chi connectivity index (χ3n) is 3.91. The molecule has 5 heteroatoms. The number of rotatable bonds is 4. The molecule has 2 aromatic rings. The molecule has 0 aromatic heterocycles. The fraction of sp³-hybridized carbons (Fsp3) is 0.316. The average molecular weight is 347 g/mol. The maximum atomic E-state index is 12.4. The molecule has 2 aromatic carbocycles. The van der Waals surface area contributed by atoms with Crippen molar-refractivity contribution >= 4 is 23.3 Å². The monoisotopic (exact) mass is 346 g/mol. The average Bonchev–Trinajstić information content (AvgIpc) is 2.50. The standard InChI is InChI=1S/C19H23ClN2O2/c1-12-10-13(2)17(16(20)11-12)21-18(23)22-19(3,4)14-6-8-15(24-5)9-7-14/h6-11H,1-5H3,(H2,21,22,23). The molecule has 2 rings (SSSR count). The number of aryl methyl sites for hydroxylation is 2. The summed E-state index contributed by atoms with van der Waals surface area (Å²) in [6.07, 6.45) is 0. The van der Waals surface area contributed by atoms with Crippen molar-refractivity contribution in [3.05, 3.63) is 58.1 Å². The molecule has 128 valence electrons. The summed E-state index contributed by atoms with van der Waals surface area (Å²) in [6.45, 7) is 7.77.